The number of rotatable bonds is 8. The predicted octanol–water partition coefficient (Wildman–Crippen LogP) is -0.227. The fourth-order valence-corrected chi connectivity index (χ4v) is 1.61. The summed E-state index contributed by atoms with van der Waals surface area (Å²) in [5.74, 6) is 0.547. The summed E-state index contributed by atoms with van der Waals surface area (Å²) in [5, 5.41) is 10.5. The Morgan fingerprint density at radius 1 is 1.59 bits per heavy atom. The summed E-state index contributed by atoms with van der Waals surface area (Å²) >= 11 is 1.19. The quantitative estimate of drug-likeness (QED) is 0.491. The minimum Gasteiger partial charge on any atom is -0.415 e. The molecule has 0 aliphatic rings. The molecule has 1 aromatic heterocycles. The third-order valence-corrected chi connectivity index (χ3v) is 2.62. The van der Waals surface area contributed by atoms with E-state index < -0.39 is 0 Å². The smallest absolute Gasteiger partial charge is 0.277 e. The van der Waals surface area contributed by atoms with Crippen LogP contribution in [-0.4, -0.2) is 42.1 Å². The standard InChI is InChI=1S/C9H16N4O3S/c1-15-4-2-3-11-7(14)6-17-9-13-12-8(5-10)16-9/h2-6,10H2,1H3,(H,11,14). The summed E-state index contributed by atoms with van der Waals surface area (Å²) in [6.07, 6.45) is 0.796. The molecule has 8 heteroatoms. The van der Waals surface area contributed by atoms with Crippen molar-refractivity contribution in [2.24, 2.45) is 5.73 Å². The van der Waals surface area contributed by atoms with Gasteiger partial charge in [-0.25, -0.2) is 0 Å². The van der Waals surface area contributed by atoms with Crippen molar-refractivity contribution in [2.75, 3.05) is 26.0 Å². The Balaban J connectivity index is 2.14. The molecule has 0 atom stereocenters. The van der Waals surface area contributed by atoms with Crippen LogP contribution in [0.15, 0.2) is 9.64 Å². The molecule has 0 spiro atoms. The molecule has 0 aromatic carbocycles. The molecule has 1 amide bonds. The van der Waals surface area contributed by atoms with E-state index in [2.05, 4.69) is 15.5 Å². The normalized spacial score (nSPS) is 10.5. The lowest BCUT2D eigenvalue weighted by atomic mass is 10.4. The first-order chi connectivity index (χ1) is 8.26. The molecule has 1 heterocycles. The first kappa shape index (κ1) is 13.9. The molecule has 0 bridgehead atoms. The lowest BCUT2D eigenvalue weighted by molar-refractivity contribution is -0.118. The van der Waals surface area contributed by atoms with Crippen molar-refractivity contribution < 1.29 is 13.9 Å². The second kappa shape index (κ2) is 8.04. The van der Waals surface area contributed by atoms with Crippen LogP contribution < -0.4 is 11.1 Å². The van der Waals surface area contributed by atoms with Gasteiger partial charge in [-0.3, -0.25) is 4.79 Å². The summed E-state index contributed by atoms with van der Waals surface area (Å²) in [6.45, 7) is 1.44. The maximum absolute atomic E-state index is 11.4. The molecule has 1 rings (SSSR count). The van der Waals surface area contributed by atoms with Gasteiger partial charge in [0, 0.05) is 20.3 Å². The van der Waals surface area contributed by atoms with E-state index in [-0.39, 0.29) is 18.2 Å². The molecule has 96 valence electrons. The van der Waals surface area contributed by atoms with Crippen LogP contribution in [0.25, 0.3) is 0 Å². The number of amides is 1. The van der Waals surface area contributed by atoms with Gasteiger partial charge in [0.2, 0.25) is 11.8 Å². The molecule has 1 aromatic rings. The van der Waals surface area contributed by atoms with Gasteiger partial charge in [-0.15, -0.1) is 10.2 Å². The van der Waals surface area contributed by atoms with Crippen molar-refractivity contribution in [3.05, 3.63) is 5.89 Å². The highest BCUT2D eigenvalue weighted by Gasteiger charge is 2.08. The number of nitrogens with two attached hydrogens (primary N) is 1. The monoisotopic (exact) mass is 260 g/mol. The number of methoxy groups -OCH3 is 1. The van der Waals surface area contributed by atoms with Crippen LogP contribution in [0.2, 0.25) is 0 Å². The maximum atomic E-state index is 11.4. The van der Waals surface area contributed by atoms with E-state index in [9.17, 15) is 4.79 Å². The van der Waals surface area contributed by atoms with E-state index in [4.69, 9.17) is 14.9 Å². The Morgan fingerprint density at radius 3 is 3.06 bits per heavy atom. The Hall–Kier alpha value is -1.12. The van der Waals surface area contributed by atoms with Crippen LogP contribution in [0.4, 0.5) is 0 Å². The largest absolute Gasteiger partial charge is 0.415 e. The second-order valence-electron chi connectivity index (χ2n) is 3.15. The number of aromatic nitrogens is 2. The van der Waals surface area contributed by atoms with Crippen molar-refractivity contribution in [2.45, 2.75) is 18.2 Å². The molecule has 0 saturated heterocycles. The molecule has 0 unspecified atom stereocenters. The average Bonchev–Trinajstić information content (AvgIpc) is 2.80. The topological polar surface area (TPSA) is 103 Å². The van der Waals surface area contributed by atoms with Gasteiger partial charge >= 0.3 is 0 Å². The van der Waals surface area contributed by atoms with Gasteiger partial charge in [0.15, 0.2) is 0 Å². The Morgan fingerprint density at radius 2 is 2.41 bits per heavy atom. The average molecular weight is 260 g/mol. The third-order valence-electron chi connectivity index (χ3n) is 1.80. The first-order valence-electron chi connectivity index (χ1n) is 5.17. The summed E-state index contributed by atoms with van der Waals surface area (Å²) in [4.78, 5) is 11.4. The highest BCUT2D eigenvalue weighted by Crippen LogP contribution is 2.14. The Bertz CT molecular complexity index is 345. The molecule has 0 fully saturated rings. The number of hydrogen-bond acceptors (Lipinski definition) is 7. The molecule has 3 N–H and O–H groups in total. The Kier molecular flexibility index (Phi) is 6.60. The van der Waals surface area contributed by atoms with E-state index in [1.165, 1.54) is 11.8 Å². The van der Waals surface area contributed by atoms with E-state index in [0.717, 1.165) is 6.42 Å². The van der Waals surface area contributed by atoms with Crippen LogP contribution in [-0.2, 0) is 16.1 Å². The van der Waals surface area contributed by atoms with Crippen LogP contribution in [0.3, 0.4) is 0 Å². The zero-order valence-electron chi connectivity index (χ0n) is 9.64. The summed E-state index contributed by atoms with van der Waals surface area (Å²) < 4.78 is 10.0. The molecule has 0 saturated carbocycles. The molecular formula is C9H16N4O3S. The lowest BCUT2D eigenvalue weighted by Gasteiger charge is -2.02. The molecular weight excluding hydrogens is 244 g/mol. The van der Waals surface area contributed by atoms with E-state index in [1.807, 2.05) is 0 Å². The van der Waals surface area contributed by atoms with Crippen LogP contribution in [0, 0.1) is 0 Å². The Labute approximate surface area is 103 Å². The molecule has 7 nitrogen and oxygen atoms in total. The fourth-order valence-electron chi connectivity index (χ4n) is 1.00. The number of nitrogens with one attached hydrogen (secondary N) is 1. The third kappa shape index (κ3) is 5.66. The van der Waals surface area contributed by atoms with Gasteiger partial charge in [0.1, 0.15) is 0 Å². The van der Waals surface area contributed by atoms with Crippen molar-refractivity contribution in [3.8, 4) is 0 Å². The summed E-state index contributed by atoms with van der Waals surface area (Å²) in [5.41, 5.74) is 5.32. The minimum atomic E-state index is -0.0707. The van der Waals surface area contributed by atoms with Gasteiger partial charge in [-0.2, -0.15) is 0 Å². The van der Waals surface area contributed by atoms with Crippen LogP contribution >= 0.6 is 11.8 Å². The summed E-state index contributed by atoms with van der Waals surface area (Å²) in [7, 11) is 1.63. The number of carbonyl (C=O) groups excluding carboxylic acids is 1. The SMILES string of the molecule is COCCCNC(=O)CSc1nnc(CN)o1. The van der Waals surface area contributed by atoms with Crippen LogP contribution in [0.5, 0.6) is 0 Å². The van der Waals surface area contributed by atoms with Gasteiger partial charge in [0.05, 0.1) is 12.3 Å². The minimum absolute atomic E-state index is 0.0707. The zero-order chi connectivity index (χ0) is 12.5. The fraction of sp³-hybridized carbons (Fsp3) is 0.667. The van der Waals surface area contributed by atoms with Crippen molar-refractivity contribution in [3.63, 3.8) is 0 Å². The summed E-state index contributed by atoms with van der Waals surface area (Å²) in [6, 6.07) is 0. The molecule has 0 aliphatic carbocycles. The maximum Gasteiger partial charge on any atom is 0.277 e. The van der Waals surface area contributed by atoms with Crippen molar-refractivity contribution >= 4 is 17.7 Å². The van der Waals surface area contributed by atoms with Gasteiger partial charge in [-0.05, 0) is 6.42 Å². The highest BCUT2D eigenvalue weighted by molar-refractivity contribution is 7.99. The van der Waals surface area contributed by atoms with Crippen molar-refractivity contribution in [1.82, 2.24) is 15.5 Å². The van der Waals surface area contributed by atoms with Gasteiger partial charge in [0.25, 0.3) is 5.22 Å². The lowest BCUT2D eigenvalue weighted by Crippen LogP contribution is -2.26. The second-order valence-corrected chi connectivity index (χ2v) is 4.08. The molecule has 17 heavy (non-hydrogen) atoms. The predicted molar refractivity (Wildman–Crippen MR) is 62.4 cm³/mol. The van der Waals surface area contributed by atoms with Crippen LogP contribution in [0.1, 0.15) is 12.3 Å². The van der Waals surface area contributed by atoms with Crippen molar-refractivity contribution in [1.29, 1.82) is 0 Å². The molecule has 0 aliphatic heterocycles. The first-order valence-corrected chi connectivity index (χ1v) is 6.15. The molecule has 0 radical (unpaired) electrons. The number of thioether (sulfide) groups is 1. The van der Waals surface area contributed by atoms with Gasteiger partial charge < -0.3 is 20.2 Å². The van der Waals surface area contributed by atoms with E-state index >= 15 is 0 Å². The van der Waals surface area contributed by atoms with Gasteiger partial charge in [-0.1, -0.05) is 11.8 Å². The highest BCUT2D eigenvalue weighted by atomic mass is 32.2. The number of hydrogen-bond donors (Lipinski definition) is 2. The van der Waals surface area contributed by atoms with E-state index in [0.29, 0.717) is 24.3 Å². The zero-order valence-corrected chi connectivity index (χ0v) is 10.5. The number of carbonyl (C=O) groups is 1. The number of nitrogens with zero attached hydrogens (tertiary/aromatic N) is 2. The number of ether oxygens (including phenoxy) is 1. The van der Waals surface area contributed by atoms with E-state index in [1.54, 1.807) is 7.11 Å².